The van der Waals surface area contributed by atoms with E-state index in [0.29, 0.717) is 0 Å². The monoisotopic (exact) mass is 249 g/mol. The molecule has 2 aromatic rings. The minimum absolute atomic E-state index is 0. The molecule has 0 saturated heterocycles. The van der Waals surface area contributed by atoms with E-state index in [1.165, 1.54) is 10.9 Å². The van der Waals surface area contributed by atoms with Crippen molar-refractivity contribution in [2.45, 2.75) is 18.4 Å². The molecule has 0 spiro atoms. The molecule has 1 aliphatic carbocycles. The third kappa shape index (κ3) is 1.88. The highest BCUT2D eigenvalue weighted by Crippen LogP contribution is 2.46. The molecule has 90 valence electrons. The molecule has 0 unspecified atom stereocenters. The largest absolute Gasteiger partial charge is 0.496 e. The smallest absolute Gasteiger partial charge is 0.126 e. The summed E-state index contributed by atoms with van der Waals surface area (Å²) in [5.41, 5.74) is 7.45. The van der Waals surface area contributed by atoms with Crippen molar-refractivity contribution in [3.8, 4) is 5.75 Å². The van der Waals surface area contributed by atoms with Gasteiger partial charge in [-0.1, -0.05) is 30.3 Å². The Bertz CT molecular complexity index is 549. The number of rotatable bonds is 2. The quantitative estimate of drug-likeness (QED) is 0.887. The van der Waals surface area contributed by atoms with Crippen LogP contribution in [0.5, 0.6) is 5.75 Å². The summed E-state index contributed by atoms with van der Waals surface area (Å²) in [5, 5.41) is 2.38. The summed E-state index contributed by atoms with van der Waals surface area (Å²) in [5.74, 6) is 0.920. The lowest BCUT2D eigenvalue weighted by atomic mass is 9.97. The van der Waals surface area contributed by atoms with Gasteiger partial charge in [-0.25, -0.2) is 0 Å². The molecule has 3 heteroatoms. The zero-order valence-corrected chi connectivity index (χ0v) is 10.6. The van der Waals surface area contributed by atoms with Crippen molar-refractivity contribution in [3.63, 3.8) is 0 Å². The fourth-order valence-electron chi connectivity index (χ4n) is 2.29. The predicted molar refractivity (Wildman–Crippen MR) is 72.8 cm³/mol. The topological polar surface area (TPSA) is 35.2 Å². The minimum Gasteiger partial charge on any atom is -0.496 e. The van der Waals surface area contributed by atoms with Crippen LogP contribution in [-0.2, 0) is 5.54 Å². The van der Waals surface area contributed by atoms with E-state index in [1.807, 2.05) is 12.1 Å². The van der Waals surface area contributed by atoms with Gasteiger partial charge in [0.1, 0.15) is 5.75 Å². The van der Waals surface area contributed by atoms with Crippen molar-refractivity contribution >= 4 is 23.2 Å². The summed E-state index contributed by atoms with van der Waals surface area (Å²) in [6.45, 7) is 0. The van der Waals surface area contributed by atoms with Gasteiger partial charge < -0.3 is 10.5 Å². The predicted octanol–water partition coefficient (Wildman–Crippen LogP) is 3.22. The van der Waals surface area contributed by atoms with E-state index < -0.39 is 0 Å². The highest BCUT2D eigenvalue weighted by molar-refractivity contribution is 5.92. The summed E-state index contributed by atoms with van der Waals surface area (Å²) >= 11 is 0. The fourth-order valence-corrected chi connectivity index (χ4v) is 2.29. The number of ether oxygens (including phenoxy) is 1. The summed E-state index contributed by atoms with van der Waals surface area (Å²) in [6.07, 6.45) is 2.17. The first-order valence-corrected chi connectivity index (χ1v) is 5.60. The molecule has 0 aromatic heterocycles. The van der Waals surface area contributed by atoms with Crippen molar-refractivity contribution in [3.05, 3.63) is 42.0 Å². The second-order valence-electron chi connectivity index (χ2n) is 4.52. The Morgan fingerprint density at radius 2 is 1.71 bits per heavy atom. The first kappa shape index (κ1) is 12.2. The average molecular weight is 250 g/mol. The Kier molecular flexibility index (Phi) is 3.02. The van der Waals surface area contributed by atoms with Crippen LogP contribution in [0.15, 0.2) is 36.4 Å². The van der Waals surface area contributed by atoms with Gasteiger partial charge in [-0.3, -0.25) is 0 Å². The lowest BCUT2D eigenvalue weighted by Crippen LogP contribution is -2.18. The number of nitrogens with two attached hydrogens (primary N) is 1. The maximum Gasteiger partial charge on any atom is 0.126 e. The molecule has 3 rings (SSSR count). The Balaban J connectivity index is 0.00000108. The van der Waals surface area contributed by atoms with Crippen LogP contribution in [0, 0.1) is 0 Å². The molecule has 1 aliphatic rings. The second kappa shape index (κ2) is 4.21. The van der Waals surface area contributed by atoms with Crippen molar-refractivity contribution in [1.29, 1.82) is 0 Å². The van der Waals surface area contributed by atoms with E-state index in [9.17, 15) is 0 Å². The number of fused-ring (bicyclic) bond motifs is 1. The molecule has 0 bridgehead atoms. The highest BCUT2D eigenvalue weighted by Gasteiger charge is 2.41. The van der Waals surface area contributed by atoms with Gasteiger partial charge in [-0.05, 0) is 29.9 Å². The molecule has 0 aliphatic heterocycles. The van der Waals surface area contributed by atoms with Crippen LogP contribution in [0.4, 0.5) is 0 Å². The number of benzene rings is 2. The van der Waals surface area contributed by atoms with E-state index in [4.69, 9.17) is 10.5 Å². The highest BCUT2D eigenvalue weighted by atomic mass is 35.5. The van der Waals surface area contributed by atoms with Crippen LogP contribution < -0.4 is 10.5 Å². The van der Waals surface area contributed by atoms with Gasteiger partial charge in [0, 0.05) is 10.9 Å². The molecule has 2 aromatic carbocycles. The van der Waals surface area contributed by atoms with Crippen molar-refractivity contribution in [2.24, 2.45) is 5.73 Å². The van der Waals surface area contributed by atoms with E-state index in [-0.39, 0.29) is 17.9 Å². The third-order valence-corrected chi connectivity index (χ3v) is 3.43. The van der Waals surface area contributed by atoms with Crippen LogP contribution in [0.1, 0.15) is 18.4 Å². The van der Waals surface area contributed by atoms with Crippen molar-refractivity contribution in [2.75, 3.05) is 7.11 Å². The molecule has 0 amide bonds. The number of hydrogen-bond donors (Lipinski definition) is 1. The molecule has 0 heterocycles. The number of hydrogen-bond acceptors (Lipinski definition) is 2. The van der Waals surface area contributed by atoms with Crippen LogP contribution in [0.25, 0.3) is 10.8 Å². The fraction of sp³-hybridized carbons (Fsp3) is 0.286. The summed E-state index contributed by atoms with van der Waals surface area (Å²) in [7, 11) is 1.71. The van der Waals surface area contributed by atoms with Gasteiger partial charge in [-0.15, -0.1) is 12.4 Å². The zero-order chi connectivity index (χ0) is 11.2. The minimum atomic E-state index is -0.0914. The van der Waals surface area contributed by atoms with Gasteiger partial charge in [-0.2, -0.15) is 0 Å². The van der Waals surface area contributed by atoms with E-state index in [0.717, 1.165) is 24.0 Å². The molecule has 1 saturated carbocycles. The molecule has 17 heavy (non-hydrogen) atoms. The first-order chi connectivity index (χ1) is 7.74. The Hall–Kier alpha value is -1.25. The molecular formula is C14H16ClNO. The van der Waals surface area contributed by atoms with E-state index in [1.54, 1.807) is 7.11 Å². The standard InChI is InChI=1S/C14H15NO.ClH/c1-16-13-7-6-12(14(15)8-9-14)10-4-2-3-5-11(10)13;/h2-7H,8-9,15H2,1H3;1H. The average Bonchev–Trinajstić information content (AvgIpc) is 3.07. The Morgan fingerprint density at radius 3 is 2.29 bits per heavy atom. The Labute approximate surface area is 107 Å². The molecule has 0 atom stereocenters. The molecule has 0 radical (unpaired) electrons. The summed E-state index contributed by atoms with van der Waals surface area (Å²) in [6, 6.07) is 12.4. The summed E-state index contributed by atoms with van der Waals surface area (Å²) in [4.78, 5) is 0. The Morgan fingerprint density at radius 1 is 1.06 bits per heavy atom. The lowest BCUT2D eigenvalue weighted by Gasteiger charge is -2.14. The van der Waals surface area contributed by atoms with Crippen LogP contribution in [-0.4, -0.2) is 7.11 Å². The van der Waals surface area contributed by atoms with Gasteiger partial charge in [0.15, 0.2) is 0 Å². The van der Waals surface area contributed by atoms with Gasteiger partial charge >= 0.3 is 0 Å². The lowest BCUT2D eigenvalue weighted by molar-refractivity contribution is 0.419. The van der Waals surface area contributed by atoms with Crippen LogP contribution in [0.2, 0.25) is 0 Å². The van der Waals surface area contributed by atoms with Gasteiger partial charge in [0.2, 0.25) is 0 Å². The van der Waals surface area contributed by atoms with Gasteiger partial charge in [0.05, 0.1) is 7.11 Å². The number of halogens is 1. The van der Waals surface area contributed by atoms with Gasteiger partial charge in [0.25, 0.3) is 0 Å². The van der Waals surface area contributed by atoms with Crippen LogP contribution >= 0.6 is 12.4 Å². The summed E-state index contributed by atoms with van der Waals surface area (Å²) < 4.78 is 5.37. The van der Waals surface area contributed by atoms with E-state index >= 15 is 0 Å². The van der Waals surface area contributed by atoms with E-state index in [2.05, 4.69) is 24.3 Å². The van der Waals surface area contributed by atoms with Crippen molar-refractivity contribution in [1.82, 2.24) is 0 Å². The molecular weight excluding hydrogens is 234 g/mol. The zero-order valence-electron chi connectivity index (χ0n) is 9.77. The molecule has 2 nitrogen and oxygen atoms in total. The van der Waals surface area contributed by atoms with Crippen LogP contribution in [0.3, 0.4) is 0 Å². The normalized spacial score (nSPS) is 16.4. The molecule has 2 N–H and O–H groups in total. The second-order valence-corrected chi connectivity index (χ2v) is 4.52. The third-order valence-electron chi connectivity index (χ3n) is 3.43. The molecule has 1 fully saturated rings. The maximum absolute atomic E-state index is 6.28. The number of methoxy groups -OCH3 is 1. The van der Waals surface area contributed by atoms with Crippen molar-refractivity contribution < 1.29 is 4.74 Å². The first-order valence-electron chi connectivity index (χ1n) is 5.60. The maximum atomic E-state index is 6.28. The SMILES string of the molecule is COc1ccc(C2(N)CC2)c2ccccc12.Cl.